The number of nitrogens with zero attached hydrogens (tertiary/aromatic N) is 2. The molecule has 4 nitrogen and oxygen atoms in total. The van der Waals surface area contributed by atoms with Gasteiger partial charge in [-0.3, -0.25) is 0 Å². The molecule has 204 valence electrons. The number of aryl methyl sites for hydroxylation is 2. The molecule has 0 spiro atoms. The molecule has 0 unspecified atom stereocenters. The van der Waals surface area contributed by atoms with E-state index in [4.69, 9.17) is 9.47 Å². The Hall–Kier alpha value is -2.98. The summed E-state index contributed by atoms with van der Waals surface area (Å²) in [6.07, 6.45) is 22.5. The molecule has 4 heteroatoms. The lowest BCUT2D eigenvalue weighted by atomic mass is 9.98. The molecule has 0 saturated heterocycles. The molecule has 38 heavy (non-hydrogen) atoms. The van der Waals surface area contributed by atoms with Crippen LogP contribution in [0.5, 0.6) is 23.0 Å². The maximum atomic E-state index is 9.48. The summed E-state index contributed by atoms with van der Waals surface area (Å²) in [6, 6.07) is 11.9. The summed E-state index contributed by atoms with van der Waals surface area (Å²) < 4.78 is 12.8. The molecular weight excluding hydrogens is 468 g/mol. The van der Waals surface area contributed by atoms with Gasteiger partial charge in [0, 0.05) is 12.1 Å². The van der Waals surface area contributed by atoms with Gasteiger partial charge in [0.15, 0.2) is 23.0 Å². The highest BCUT2D eigenvalue weighted by Crippen LogP contribution is 2.50. The van der Waals surface area contributed by atoms with Gasteiger partial charge in [0.25, 0.3) is 0 Å². The van der Waals surface area contributed by atoms with Crippen molar-refractivity contribution >= 4 is 0 Å². The predicted molar refractivity (Wildman–Crippen MR) is 155 cm³/mol. The molecule has 0 radical (unpaired) electrons. The van der Waals surface area contributed by atoms with Crippen LogP contribution in [-0.4, -0.2) is 0 Å². The molecule has 0 fully saturated rings. The molecule has 0 amide bonds. The topological polar surface area (TPSA) is 66.0 Å². The Labute approximate surface area is 231 Å². The molecule has 0 N–H and O–H groups in total. The summed E-state index contributed by atoms with van der Waals surface area (Å²) in [6.45, 7) is 4.52. The lowest BCUT2D eigenvalue weighted by Crippen LogP contribution is -2.06. The van der Waals surface area contributed by atoms with E-state index < -0.39 is 0 Å². The van der Waals surface area contributed by atoms with Gasteiger partial charge in [-0.2, -0.15) is 10.5 Å². The van der Waals surface area contributed by atoms with Crippen molar-refractivity contribution in [2.75, 3.05) is 0 Å². The summed E-state index contributed by atoms with van der Waals surface area (Å²) in [7, 11) is 0. The monoisotopic (exact) mass is 514 g/mol. The molecule has 2 aromatic rings. The number of benzene rings is 2. The van der Waals surface area contributed by atoms with Crippen LogP contribution in [0.3, 0.4) is 0 Å². The van der Waals surface area contributed by atoms with Crippen LogP contribution in [0, 0.1) is 22.7 Å². The number of ether oxygens (including phenoxy) is 2. The van der Waals surface area contributed by atoms with Crippen molar-refractivity contribution in [3.05, 3.63) is 46.5 Å². The maximum absolute atomic E-state index is 9.48. The number of unbranched alkanes of at least 4 members (excludes halogenated alkanes) is 14. The van der Waals surface area contributed by atoms with E-state index in [0.717, 1.165) is 37.2 Å². The quantitative estimate of drug-likeness (QED) is 0.158. The third-order valence-electron chi connectivity index (χ3n) is 7.62. The molecular formula is C34H46N2O2. The molecule has 0 saturated carbocycles. The minimum Gasteiger partial charge on any atom is -0.449 e. The van der Waals surface area contributed by atoms with E-state index in [-0.39, 0.29) is 0 Å². The number of fused-ring (bicyclic) bond motifs is 2. The Morgan fingerprint density at radius 1 is 0.526 bits per heavy atom. The third kappa shape index (κ3) is 8.80. The Kier molecular flexibility index (Phi) is 13.1. The van der Waals surface area contributed by atoms with Gasteiger partial charge in [-0.25, -0.2) is 0 Å². The van der Waals surface area contributed by atoms with E-state index in [0.29, 0.717) is 22.6 Å². The number of rotatable bonds is 18. The molecule has 0 aromatic heterocycles. The van der Waals surface area contributed by atoms with Crippen molar-refractivity contribution in [2.24, 2.45) is 0 Å². The van der Waals surface area contributed by atoms with Crippen molar-refractivity contribution in [1.29, 1.82) is 10.5 Å². The first-order valence-electron chi connectivity index (χ1n) is 15.2. The van der Waals surface area contributed by atoms with E-state index in [1.165, 1.54) is 101 Å². The van der Waals surface area contributed by atoms with Gasteiger partial charge in [-0.15, -0.1) is 0 Å². The summed E-state index contributed by atoms with van der Waals surface area (Å²) >= 11 is 0. The highest BCUT2D eigenvalue weighted by Gasteiger charge is 2.26. The molecule has 0 bridgehead atoms. The first kappa shape index (κ1) is 29.6. The zero-order valence-corrected chi connectivity index (χ0v) is 23.7. The van der Waals surface area contributed by atoms with Gasteiger partial charge in [0.2, 0.25) is 0 Å². The van der Waals surface area contributed by atoms with Crippen LogP contribution in [0.1, 0.15) is 139 Å². The van der Waals surface area contributed by atoms with Crippen LogP contribution in [0.15, 0.2) is 24.3 Å². The molecule has 3 rings (SSSR count). The first-order valence-corrected chi connectivity index (χ1v) is 15.2. The van der Waals surface area contributed by atoms with Crippen LogP contribution in [0.4, 0.5) is 0 Å². The van der Waals surface area contributed by atoms with E-state index >= 15 is 0 Å². The highest BCUT2D eigenvalue weighted by molar-refractivity contribution is 5.64. The van der Waals surface area contributed by atoms with Gasteiger partial charge in [0.1, 0.15) is 12.1 Å². The van der Waals surface area contributed by atoms with Crippen molar-refractivity contribution in [2.45, 2.75) is 129 Å². The zero-order valence-electron chi connectivity index (χ0n) is 23.7. The van der Waals surface area contributed by atoms with Crippen molar-refractivity contribution < 1.29 is 9.47 Å². The average Bonchev–Trinajstić information content (AvgIpc) is 2.94. The fraction of sp³-hybridized carbons (Fsp3) is 0.588. The second kappa shape index (κ2) is 16.8. The van der Waals surface area contributed by atoms with E-state index in [2.05, 4.69) is 38.1 Å². The fourth-order valence-corrected chi connectivity index (χ4v) is 5.28. The van der Waals surface area contributed by atoms with Gasteiger partial charge in [-0.05, 0) is 36.8 Å². The van der Waals surface area contributed by atoms with Crippen LogP contribution in [0.25, 0.3) is 0 Å². The minimum absolute atomic E-state index is 0.318. The molecule has 0 atom stereocenters. The number of hydrogen-bond donors (Lipinski definition) is 0. The lowest BCUT2D eigenvalue weighted by molar-refractivity contribution is 0.352. The van der Waals surface area contributed by atoms with Gasteiger partial charge >= 0.3 is 0 Å². The number of hydrogen-bond acceptors (Lipinski definition) is 4. The minimum atomic E-state index is 0.318. The molecule has 0 aliphatic carbocycles. The normalized spacial score (nSPS) is 11.6. The highest BCUT2D eigenvalue weighted by atomic mass is 16.6. The summed E-state index contributed by atoms with van der Waals surface area (Å²) in [5, 5.41) is 19.0. The molecule has 1 aliphatic rings. The third-order valence-corrected chi connectivity index (χ3v) is 7.62. The largest absolute Gasteiger partial charge is 0.449 e. The van der Waals surface area contributed by atoms with Gasteiger partial charge in [-0.1, -0.05) is 116 Å². The smallest absolute Gasteiger partial charge is 0.173 e. The SMILES string of the molecule is CCCCCCCCCCc1ccc(CCCCCCCCCC)c2c1Oc1cc(C#N)c(C#N)cc1O2. The van der Waals surface area contributed by atoms with Gasteiger partial charge < -0.3 is 9.47 Å². The fourth-order valence-electron chi connectivity index (χ4n) is 5.28. The molecule has 1 aliphatic heterocycles. The van der Waals surface area contributed by atoms with Crippen LogP contribution >= 0.6 is 0 Å². The lowest BCUT2D eigenvalue weighted by Gasteiger charge is -2.25. The second-order valence-electron chi connectivity index (χ2n) is 10.8. The van der Waals surface area contributed by atoms with E-state index in [9.17, 15) is 10.5 Å². The second-order valence-corrected chi connectivity index (χ2v) is 10.8. The first-order chi connectivity index (χ1) is 18.7. The standard InChI is InChI=1S/C34H46N2O2/c1-3-5-7-9-11-13-15-17-19-27-21-22-28(20-18-16-14-12-10-8-6-4-2)34-33(27)37-31-23-29(25-35)30(26-36)24-32(31)38-34/h21-24H,3-20H2,1-2H3. The van der Waals surface area contributed by atoms with Crippen LogP contribution in [-0.2, 0) is 12.8 Å². The summed E-state index contributed by atoms with van der Waals surface area (Å²) in [4.78, 5) is 0. The Morgan fingerprint density at radius 2 is 0.868 bits per heavy atom. The van der Waals surface area contributed by atoms with E-state index in [1.54, 1.807) is 12.1 Å². The molecule has 1 heterocycles. The van der Waals surface area contributed by atoms with Crippen molar-refractivity contribution in [1.82, 2.24) is 0 Å². The van der Waals surface area contributed by atoms with Crippen molar-refractivity contribution in [3.8, 4) is 35.1 Å². The van der Waals surface area contributed by atoms with Crippen molar-refractivity contribution in [3.63, 3.8) is 0 Å². The molecule has 2 aromatic carbocycles. The van der Waals surface area contributed by atoms with Gasteiger partial charge in [0.05, 0.1) is 11.1 Å². The van der Waals surface area contributed by atoms with E-state index in [1.807, 2.05) is 0 Å². The van der Waals surface area contributed by atoms with Crippen LogP contribution in [0.2, 0.25) is 0 Å². The number of nitriles is 2. The van der Waals surface area contributed by atoms with Crippen LogP contribution < -0.4 is 9.47 Å². The Morgan fingerprint density at radius 3 is 1.21 bits per heavy atom. The Bertz CT molecular complexity index is 1010. The zero-order chi connectivity index (χ0) is 27.0. The average molecular weight is 515 g/mol. The predicted octanol–water partition coefficient (Wildman–Crippen LogP) is 10.7. The Balaban J connectivity index is 1.66. The maximum Gasteiger partial charge on any atom is 0.173 e. The summed E-state index contributed by atoms with van der Waals surface area (Å²) in [5.41, 5.74) is 2.97. The summed E-state index contributed by atoms with van der Waals surface area (Å²) in [5.74, 6) is 2.64.